The maximum absolute atomic E-state index is 5.84. The molecule has 0 spiro atoms. The molecule has 2 heteroatoms. The number of hydrogen-bond donors (Lipinski definition) is 1. The van der Waals surface area contributed by atoms with Crippen LogP contribution in [0, 0.1) is 0 Å². The van der Waals surface area contributed by atoms with Gasteiger partial charge in [0.05, 0.1) is 5.60 Å². The van der Waals surface area contributed by atoms with Gasteiger partial charge in [0.1, 0.15) is 0 Å². The molecule has 2 unspecified atom stereocenters. The third-order valence-corrected chi connectivity index (χ3v) is 2.87. The van der Waals surface area contributed by atoms with Crippen molar-refractivity contribution in [1.82, 2.24) is 5.32 Å². The van der Waals surface area contributed by atoms with Crippen molar-refractivity contribution >= 4 is 0 Å². The van der Waals surface area contributed by atoms with E-state index in [1.54, 1.807) is 0 Å². The van der Waals surface area contributed by atoms with Crippen molar-refractivity contribution < 1.29 is 4.74 Å². The molecule has 0 aromatic heterocycles. The van der Waals surface area contributed by atoms with Crippen LogP contribution in [0.1, 0.15) is 46.5 Å². The fourth-order valence-corrected chi connectivity index (χ4v) is 2.30. The number of hydrogen-bond acceptors (Lipinski definition) is 2. The van der Waals surface area contributed by atoms with Gasteiger partial charge in [0.2, 0.25) is 0 Å². The molecule has 0 aliphatic carbocycles. The highest BCUT2D eigenvalue weighted by atomic mass is 16.5. The molecule has 1 aliphatic rings. The standard InChI is InChI=1S/C11H23NO/c1-4-7-11(3)9-10(12-5-2)6-8-13-11/h10,12H,4-9H2,1-3H3. The van der Waals surface area contributed by atoms with Crippen LogP contribution in [0.3, 0.4) is 0 Å². The first kappa shape index (κ1) is 11.0. The summed E-state index contributed by atoms with van der Waals surface area (Å²) in [5.41, 5.74) is 0.139. The van der Waals surface area contributed by atoms with Gasteiger partial charge in [-0.2, -0.15) is 0 Å². The Labute approximate surface area is 82.0 Å². The number of rotatable bonds is 4. The Morgan fingerprint density at radius 2 is 2.23 bits per heavy atom. The zero-order valence-electron chi connectivity index (χ0n) is 9.23. The van der Waals surface area contributed by atoms with Crippen molar-refractivity contribution in [2.75, 3.05) is 13.2 Å². The first-order valence-corrected chi connectivity index (χ1v) is 5.57. The van der Waals surface area contributed by atoms with Gasteiger partial charge >= 0.3 is 0 Å². The summed E-state index contributed by atoms with van der Waals surface area (Å²) >= 11 is 0. The van der Waals surface area contributed by atoms with Crippen LogP contribution >= 0.6 is 0 Å². The van der Waals surface area contributed by atoms with E-state index in [1.807, 2.05) is 0 Å². The monoisotopic (exact) mass is 185 g/mol. The van der Waals surface area contributed by atoms with Crippen LogP contribution in [-0.4, -0.2) is 24.8 Å². The van der Waals surface area contributed by atoms with Gasteiger partial charge in [-0.05, 0) is 32.7 Å². The average Bonchev–Trinajstić information content (AvgIpc) is 2.04. The Balaban J connectivity index is 2.39. The van der Waals surface area contributed by atoms with Crippen molar-refractivity contribution in [3.8, 4) is 0 Å². The summed E-state index contributed by atoms with van der Waals surface area (Å²) < 4.78 is 5.84. The van der Waals surface area contributed by atoms with Crippen molar-refractivity contribution in [1.29, 1.82) is 0 Å². The molecule has 2 atom stereocenters. The van der Waals surface area contributed by atoms with E-state index in [1.165, 1.54) is 25.7 Å². The highest BCUT2D eigenvalue weighted by Crippen LogP contribution is 2.28. The second-order valence-electron chi connectivity index (χ2n) is 4.30. The van der Waals surface area contributed by atoms with Gasteiger partial charge in [-0.25, -0.2) is 0 Å². The van der Waals surface area contributed by atoms with E-state index < -0.39 is 0 Å². The van der Waals surface area contributed by atoms with Crippen molar-refractivity contribution in [3.05, 3.63) is 0 Å². The van der Waals surface area contributed by atoms with Crippen LogP contribution in [0.4, 0.5) is 0 Å². The maximum atomic E-state index is 5.84. The van der Waals surface area contributed by atoms with Crippen LogP contribution in [0.2, 0.25) is 0 Å². The fourth-order valence-electron chi connectivity index (χ4n) is 2.30. The summed E-state index contributed by atoms with van der Waals surface area (Å²) in [7, 11) is 0. The lowest BCUT2D eigenvalue weighted by molar-refractivity contribution is -0.0808. The summed E-state index contributed by atoms with van der Waals surface area (Å²) in [5, 5.41) is 3.52. The molecule has 1 aliphatic heterocycles. The molecule has 1 heterocycles. The second-order valence-corrected chi connectivity index (χ2v) is 4.30. The van der Waals surface area contributed by atoms with Crippen molar-refractivity contribution in [2.45, 2.75) is 58.1 Å². The van der Waals surface area contributed by atoms with Gasteiger partial charge in [0, 0.05) is 12.6 Å². The number of ether oxygens (including phenoxy) is 1. The molecule has 0 aromatic carbocycles. The summed E-state index contributed by atoms with van der Waals surface area (Å²) in [6.07, 6.45) is 4.76. The molecule has 0 radical (unpaired) electrons. The van der Waals surface area contributed by atoms with Crippen LogP contribution in [-0.2, 0) is 4.74 Å². The van der Waals surface area contributed by atoms with E-state index in [0.717, 1.165) is 13.2 Å². The van der Waals surface area contributed by atoms with Crippen molar-refractivity contribution in [3.63, 3.8) is 0 Å². The van der Waals surface area contributed by atoms with Crippen molar-refractivity contribution in [2.24, 2.45) is 0 Å². The van der Waals surface area contributed by atoms with Crippen LogP contribution < -0.4 is 5.32 Å². The summed E-state index contributed by atoms with van der Waals surface area (Å²) in [6, 6.07) is 0.676. The Morgan fingerprint density at radius 3 is 2.85 bits per heavy atom. The molecule has 1 rings (SSSR count). The molecule has 1 saturated heterocycles. The number of nitrogens with one attached hydrogen (secondary N) is 1. The second kappa shape index (κ2) is 4.97. The minimum absolute atomic E-state index is 0.139. The molecule has 13 heavy (non-hydrogen) atoms. The maximum Gasteiger partial charge on any atom is 0.0669 e. The van der Waals surface area contributed by atoms with Gasteiger partial charge in [-0.1, -0.05) is 20.3 Å². The molecule has 1 fully saturated rings. The molecular weight excluding hydrogens is 162 g/mol. The lowest BCUT2D eigenvalue weighted by Gasteiger charge is -2.38. The first-order chi connectivity index (χ1) is 6.20. The Morgan fingerprint density at radius 1 is 1.46 bits per heavy atom. The topological polar surface area (TPSA) is 21.3 Å². The summed E-state index contributed by atoms with van der Waals surface area (Å²) in [5.74, 6) is 0. The quantitative estimate of drug-likeness (QED) is 0.726. The highest BCUT2D eigenvalue weighted by Gasteiger charge is 2.31. The predicted octanol–water partition coefficient (Wildman–Crippen LogP) is 2.33. The minimum Gasteiger partial charge on any atom is -0.375 e. The Hall–Kier alpha value is -0.0800. The van der Waals surface area contributed by atoms with Gasteiger partial charge in [-0.15, -0.1) is 0 Å². The van der Waals surface area contributed by atoms with Gasteiger partial charge in [0.15, 0.2) is 0 Å². The van der Waals surface area contributed by atoms with E-state index in [4.69, 9.17) is 4.74 Å². The van der Waals surface area contributed by atoms with Gasteiger partial charge < -0.3 is 10.1 Å². The Kier molecular flexibility index (Phi) is 4.20. The molecule has 0 saturated carbocycles. The van der Waals surface area contributed by atoms with E-state index >= 15 is 0 Å². The van der Waals surface area contributed by atoms with E-state index in [-0.39, 0.29) is 5.60 Å². The highest BCUT2D eigenvalue weighted by molar-refractivity contribution is 4.85. The van der Waals surface area contributed by atoms with Gasteiger partial charge in [-0.3, -0.25) is 0 Å². The molecular formula is C11H23NO. The predicted molar refractivity (Wildman–Crippen MR) is 56.0 cm³/mol. The molecule has 2 nitrogen and oxygen atoms in total. The van der Waals surface area contributed by atoms with Crippen LogP contribution in [0.5, 0.6) is 0 Å². The van der Waals surface area contributed by atoms with E-state index in [0.29, 0.717) is 6.04 Å². The van der Waals surface area contributed by atoms with E-state index in [2.05, 4.69) is 26.1 Å². The van der Waals surface area contributed by atoms with Crippen LogP contribution in [0.15, 0.2) is 0 Å². The average molecular weight is 185 g/mol. The molecule has 0 amide bonds. The third kappa shape index (κ3) is 3.28. The lowest BCUT2D eigenvalue weighted by atomic mass is 9.88. The molecule has 0 bridgehead atoms. The summed E-state index contributed by atoms with van der Waals surface area (Å²) in [4.78, 5) is 0. The minimum atomic E-state index is 0.139. The SMILES string of the molecule is CCCC1(C)CC(NCC)CCO1. The third-order valence-electron chi connectivity index (χ3n) is 2.87. The fraction of sp³-hybridized carbons (Fsp3) is 1.00. The first-order valence-electron chi connectivity index (χ1n) is 5.57. The lowest BCUT2D eigenvalue weighted by Crippen LogP contribution is -2.45. The normalized spacial score (nSPS) is 34.8. The largest absolute Gasteiger partial charge is 0.375 e. The molecule has 0 aromatic rings. The smallest absolute Gasteiger partial charge is 0.0669 e. The Bertz CT molecular complexity index is 143. The summed E-state index contributed by atoms with van der Waals surface area (Å²) in [6.45, 7) is 8.65. The van der Waals surface area contributed by atoms with Crippen LogP contribution in [0.25, 0.3) is 0 Å². The van der Waals surface area contributed by atoms with Gasteiger partial charge in [0.25, 0.3) is 0 Å². The van der Waals surface area contributed by atoms with E-state index in [9.17, 15) is 0 Å². The molecule has 1 N–H and O–H groups in total. The zero-order chi connectivity index (χ0) is 9.73. The zero-order valence-corrected chi connectivity index (χ0v) is 9.23. The molecule has 78 valence electrons.